The fraction of sp³-hybridized carbons (Fsp3) is 0.182. The van der Waals surface area contributed by atoms with E-state index in [0.29, 0.717) is 12.2 Å². The van der Waals surface area contributed by atoms with Gasteiger partial charge in [0.15, 0.2) is 0 Å². The van der Waals surface area contributed by atoms with Crippen LogP contribution in [0.15, 0.2) is 30.7 Å². The van der Waals surface area contributed by atoms with Crippen molar-refractivity contribution in [1.29, 1.82) is 0 Å². The Morgan fingerprint density at radius 2 is 2.38 bits per heavy atom. The minimum atomic E-state index is 0.636. The van der Waals surface area contributed by atoms with Gasteiger partial charge in [-0.3, -0.25) is 0 Å². The third-order valence-corrected chi connectivity index (χ3v) is 2.44. The van der Waals surface area contributed by atoms with Crippen LogP contribution in [-0.4, -0.2) is 21.5 Å². The van der Waals surface area contributed by atoms with Gasteiger partial charge < -0.3 is 15.7 Å². The SMILES string of the molecule is CCN(N)/C=C(\N)c1ccnc2[nH]ccc12. The molecular formula is C11H15N5. The van der Waals surface area contributed by atoms with Crippen molar-refractivity contribution >= 4 is 16.7 Å². The van der Waals surface area contributed by atoms with E-state index >= 15 is 0 Å². The highest BCUT2D eigenvalue weighted by Gasteiger charge is 2.05. The molecule has 2 aromatic rings. The number of aromatic amines is 1. The first-order valence-corrected chi connectivity index (χ1v) is 5.13. The van der Waals surface area contributed by atoms with Crippen LogP contribution < -0.4 is 11.6 Å². The number of hydrogen-bond donors (Lipinski definition) is 3. The van der Waals surface area contributed by atoms with Crippen LogP contribution in [0, 0.1) is 0 Å². The first-order chi connectivity index (χ1) is 7.72. The van der Waals surface area contributed by atoms with Crippen molar-refractivity contribution in [1.82, 2.24) is 15.0 Å². The molecule has 0 spiro atoms. The van der Waals surface area contributed by atoms with Crippen LogP contribution in [0.1, 0.15) is 12.5 Å². The Morgan fingerprint density at radius 3 is 3.12 bits per heavy atom. The molecule has 0 radical (unpaired) electrons. The quantitative estimate of drug-likeness (QED) is 0.529. The Kier molecular flexibility index (Phi) is 2.78. The van der Waals surface area contributed by atoms with Crippen LogP contribution in [0.25, 0.3) is 16.7 Å². The number of nitrogens with one attached hydrogen (secondary N) is 1. The van der Waals surface area contributed by atoms with E-state index in [9.17, 15) is 0 Å². The van der Waals surface area contributed by atoms with Crippen molar-refractivity contribution in [3.8, 4) is 0 Å². The molecule has 0 saturated carbocycles. The van der Waals surface area contributed by atoms with E-state index in [2.05, 4.69) is 9.97 Å². The second kappa shape index (κ2) is 4.24. The summed E-state index contributed by atoms with van der Waals surface area (Å²) in [6, 6.07) is 3.83. The summed E-state index contributed by atoms with van der Waals surface area (Å²) in [5.41, 5.74) is 8.40. The number of hydrazine groups is 1. The van der Waals surface area contributed by atoms with E-state index in [4.69, 9.17) is 11.6 Å². The van der Waals surface area contributed by atoms with Crippen molar-refractivity contribution in [3.63, 3.8) is 0 Å². The molecule has 5 heteroatoms. The Labute approximate surface area is 93.7 Å². The molecule has 0 fully saturated rings. The summed E-state index contributed by atoms with van der Waals surface area (Å²) in [7, 11) is 0. The maximum Gasteiger partial charge on any atom is 0.137 e. The van der Waals surface area contributed by atoms with E-state index in [0.717, 1.165) is 16.6 Å². The monoisotopic (exact) mass is 217 g/mol. The number of fused-ring (bicyclic) bond motifs is 1. The van der Waals surface area contributed by atoms with Gasteiger partial charge in [0, 0.05) is 36.1 Å². The van der Waals surface area contributed by atoms with Crippen molar-refractivity contribution in [3.05, 3.63) is 36.3 Å². The van der Waals surface area contributed by atoms with E-state index in [1.165, 1.54) is 0 Å². The van der Waals surface area contributed by atoms with Gasteiger partial charge in [-0.05, 0) is 19.1 Å². The van der Waals surface area contributed by atoms with Gasteiger partial charge in [0.1, 0.15) is 5.65 Å². The Bertz CT molecular complexity index is 514. The van der Waals surface area contributed by atoms with E-state index in [1.807, 2.05) is 25.3 Å². The Morgan fingerprint density at radius 1 is 1.56 bits per heavy atom. The van der Waals surface area contributed by atoms with Gasteiger partial charge in [-0.15, -0.1) is 0 Å². The summed E-state index contributed by atoms with van der Waals surface area (Å²) in [6.45, 7) is 2.67. The third-order valence-electron chi connectivity index (χ3n) is 2.44. The zero-order valence-electron chi connectivity index (χ0n) is 9.14. The fourth-order valence-electron chi connectivity index (χ4n) is 1.55. The zero-order valence-corrected chi connectivity index (χ0v) is 9.14. The topological polar surface area (TPSA) is 84.0 Å². The van der Waals surface area contributed by atoms with Gasteiger partial charge in [0.2, 0.25) is 0 Å². The molecule has 0 aliphatic rings. The normalized spacial score (nSPS) is 12.0. The first-order valence-electron chi connectivity index (χ1n) is 5.13. The maximum absolute atomic E-state index is 5.99. The lowest BCUT2D eigenvalue weighted by atomic mass is 10.1. The molecule has 0 atom stereocenters. The summed E-state index contributed by atoms with van der Waals surface area (Å²) in [6.07, 6.45) is 5.29. The standard InChI is InChI=1S/C11H15N5/c1-2-16(13)7-10(12)8-3-5-14-11-9(8)4-6-15-11/h3-7H,2,12-13H2,1H3,(H,14,15)/b10-7-. The molecule has 2 rings (SSSR count). The van der Waals surface area contributed by atoms with Crippen LogP contribution in [0.5, 0.6) is 0 Å². The molecule has 5 N–H and O–H groups in total. The minimum Gasteiger partial charge on any atom is -0.397 e. The van der Waals surface area contributed by atoms with E-state index in [-0.39, 0.29) is 0 Å². The van der Waals surface area contributed by atoms with Gasteiger partial charge in [-0.2, -0.15) is 0 Å². The first kappa shape index (κ1) is 10.5. The molecule has 0 aromatic carbocycles. The largest absolute Gasteiger partial charge is 0.397 e. The Hall–Kier alpha value is -2.01. The zero-order chi connectivity index (χ0) is 11.5. The average molecular weight is 217 g/mol. The molecule has 16 heavy (non-hydrogen) atoms. The highest BCUT2D eigenvalue weighted by molar-refractivity contribution is 5.88. The van der Waals surface area contributed by atoms with Gasteiger partial charge in [-0.25, -0.2) is 10.8 Å². The van der Waals surface area contributed by atoms with Gasteiger partial charge >= 0.3 is 0 Å². The lowest BCUT2D eigenvalue weighted by Gasteiger charge is -2.12. The summed E-state index contributed by atoms with van der Waals surface area (Å²) < 4.78 is 0. The number of H-pyrrole nitrogens is 1. The number of pyridine rings is 1. The van der Waals surface area contributed by atoms with E-state index < -0.39 is 0 Å². The van der Waals surface area contributed by atoms with Gasteiger partial charge in [0.25, 0.3) is 0 Å². The summed E-state index contributed by atoms with van der Waals surface area (Å²) >= 11 is 0. The summed E-state index contributed by atoms with van der Waals surface area (Å²) in [4.78, 5) is 7.24. The highest BCUT2D eigenvalue weighted by atomic mass is 15.4. The van der Waals surface area contributed by atoms with E-state index in [1.54, 1.807) is 17.4 Å². The molecule has 5 nitrogen and oxygen atoms in total. The molecular weight excluding hydrogens is 202 g/mol. The highest BCUT2D eigenvalue weighted by Crippen LogP contribution is 2.19. The molecule has 2 aromatic heterocycles. The average Bonchev–Trinajstić information content (AvgIpc) is 2.76. The second-order valence-corrected chi connectivity index (χ2v) is 3.51. The Balaban J connectivity index is 2.46. The maximum atomic E-state index is 5.99. The van der Waals surface area contributed by atoms with Crippen LogP contribution >= 0.6 is 0 Å². The second-order valence-electron chi connectivity index (χ2n) is 3.51. The molecule has 2 heterocycles. The molecule has 84 valence electrons. The predicted octanol–water partition coefficient (Wildman–Crippen LogP) is 1.02. The fourth-order valence-corrected chi connectivity index (χ4v) is 1.55. The minimum absolute atomic E-state index is 0.636. The molecule has 0 amide bonds. The summed E-state index contributed by atoms with van der Waals surface area (Å²) in [5, 5.41) is 2.55. The lowest BCUT2D eigenvalue weighted by molar-refractivity contribution is 0.418. The van der Waals surface area contributed by atoms with Crippen LogP contribution in [0.4, 0.5) is 0 Å². The van der Waals surface area contributed by atoms with Crippen LogP contribution in [0.3, 0.4) is 0 Å². The molecule has 0 unspecified atom stereocenters. The predicted molar refractivity (Wildman–Crippen MR) is 64.8 cm³/mol. The number of nitrogens with two attached hydrogens (primary N) is 2. The van der Waals surface area contributed by atoms with Crippen molar-refractivity contribution in [2.24, 2.45) is 11.6 Å². The van der Waals surface area contributed by atoms with Crippen molar-refractivity contribution in [2.75, 3.05) is 6.54 Å². The number of nitrogens with zero attached hydrogens (tertiary/aromatic N) is 2. The molecule has 0 saturated heterocycles. The summed E-state index contributed by atoms with van der Waals surface area (Å²) in [5.74, 6) is 5.68. The van der Waals surface area contributed by atoms with Crippen LogP contribution in [-0.2, 0) is 0 Å². The number of hydrogen-bond acceptors (Lipinski definition) is 4. The smallest absolute Gasteiger partial charge is 0.137 e. The van der Waals surface area contributed by atoms with Crippen LogP contribution in [0.2, 0.25) is 0 Å². The third kappa shape index (κ3) is 1.85. The number of aromatic nitrogens is 2. The number of rotatable bonds is 3. The molecule has 0 bridgehead atoms. The van der Waals surface area contributed by atoms with Crippen molar-refractivity contribution in [2.45, 2.75) is 6.92 Å². The van der Waals surface area contributed by atoms with Gasteiger partial charge in [0.05, 0.1) is 5.70 Å². The van der Waals surface area contributed by atoms with Crippen molar-refractivity contribution < 1.29 is 0 Å². The lowest BCUT2D eigenvalue weighted by Crippen LogP contribution is -2.25. The molecule has 0 aliphatic heterocycles. The molecule has 0 aliphatic carbocycles. The van der Waals surface area contributed by atoms with Gasteiger partial charge in [-0.1, -0.05) is 0 Å².